The molecule has 1 aromatic carbocycles. The molecule has 0 bridgehead atoms. The summed E-state index contributed by atoms with van der Waals surface area (Å²) in [6, 6.07) is 5.84. The fraction of sp³-hybridized carbons (Fsp3) is 0.562. The van der Waals surface area contributed by atoms with E-state index >= 15 is 0 Å². The number of hydrogen-bond donors (Lipinski definition) is 1. The lowest BCUT2D eigenvalue weighted by Crippen LogP contribution is -2.38. The van der Waals surface area contributed by atoms with E-state index in [2.05, 4.69) is 14.6 Å². The maximum atomic E-state index is 12.1. The molecule has 0 aliphatic carbocycles. The van der Waals surface area contributed by atoms with Crippen molar-refractivity contribution in [2.75, 3.05) is 19.6 Å². The Balaban J connectivity index is 1.82. The van der Waals surface area contributed by atoms with Crippen LogP contribution in [0.5, 0.6) is 5.75 Å². The van der Waals surface area contributed by atoms with Gasteiger partial charge in [-0.25, -0.2) is 0 Å². The number of guanidine groups is 1. The summed E-state index contributed by atoms with van der Waals surface area (Å²) < 4.78 is 40.1. The van der Waals surface area contributed by atoms with E-state index < -0.39 is 6.36 Å². The van der Waals surface area contributed by atoms with Crippen LogP contribution in [-0.4, -0.2) is 36.9 Å². The van der Waals surface area contributed by atoms with Gasteiger partial charge in [-0.05, 0) is 37.0 Å². The molecule has 1 aliphatic rings. The van der Waals surface area contributed by atoms with Crippen molar-refractivity contribution >= 4 is 5.96 Å². The summed E-state index contributed by atoms with van der Waals surface area (Å²) in [5.74, 6) is 0.345. The van der Waals surface area contributed by atoms with Gasteiger partial charge in [-0.3, -0.25) is 4.99 Å². The number of halogens is 3. The molecule has 0 unspecified atom stereocenters. The molecule has 0 amide bonds. The lowest BCUT2D eigenvalue weighted by atomic mass is 10.1. The first-order chi connectivity index (χ1) is 10.9. The van der Waals surface area contributed by atoms with Gasteiger partial charge in [-0.1, -0.05) is 25.0 Å². The average Bonchev–Trinajstić information content (AvgIpc) is 2.76. The summed E-state index contributed by atoms with van der Waals surface area (Å²) in [6.07, 6.45) is 0.703. The number of ether oxygens (including phenoxy) is 1. The van der Waals surface area contributed by atoms with Gasteiger partial charge in [0.25, 0.3) is 0 Å². The number of benzene rings is 1. The monoisotopic (exact) mass is 329 g/mol. The SMILES string of the molecule is NC(=NCCc1ccc(OC(F)(F)F)cc1)N1CCCCCC1. The summed E-state index contributed by atoms with van der Waals surface area (Å²) in [5, 5.41) is 0. The Labute approximate surface area is 134 Å². The summed E-state index contributed by atoms with van der Waals surface area (Å²) in [6.45, 7) is 2.40. The highest BCUT2D eigenvalue weighted by molar-refractivity contribution is 5.78. The minimum atomic E-state index is -4.66. The highest BCUT2D eigenvalue weighted by atomic mass is 19.4. The van der Waals surface area contributed by atoms with Crippen LogP contribution in [0.4, 0.5) is 13.2 Å². The lowest BCUT2D eigenvalue weighted by Gasteiger charge is -2.21. The molecule has 0 atom stereocenters. The maximum absolute atomic E-state index is 12.1. The fourth-order valence-corrected chi connectivity index (χ4v) is 2.56. The van der Waals surface area contributed by atoms with E-state index in [1.54, 1.807) is 12.1 Å². The van der Waals surface area contributed by atoms with E-state index in [9.17, 15) is 13.2 Å². The van der Waals surface area contributed by atoms with Gasteiger partial charge < -0.3 is 15.4 Å². The van der Waals surface area contributed by atoms with E-state index in [0.717, 1.165) is 31.5 Å². The molecule has 0 saturated carbocycles. The number of aliphatic imine (C=N–C) groups is 1. The molecule has 1 saturated heterocycles. The van der Waals surface area contributed by atoms with Gasteiger partial charge >= 0.3 is 6.36 Å². The average molecular weight is 329 g/mol. The van der Waals surface area contributed by atoms with Crippen molar-refractivity contribution in [1.29, 1.82) is 0 Å². The van der Waals surface area contributed by atoms with Crippen LogP contribution in [0.3, 0.4) is 0 Å². The van der Waals surface area contributed by atoms with Crippen LogP contribution in [0.25, 0.3) is 0 Å². The van der Waals surface area contributed by atoms with Gasteiger partial charge in [-0.15, -0.1) is 13.2 Å². The first-order valence-corrected chi connectivity index (χ1v) is 7.83. The Bertz CT molecular complexity index is 506. The second-order valence-electron chi connectivity index (χ2n) is 5.58. The first kappa shape index (κ1) is 17.4. The number of alkyl halides is 3. The third kappa shape index (κ3) is 6.38. The molecule has 1 aromatic rings. The second-order valence-corrected chi connectivity index (χ2v) is 5.58. The minimum absolute atomic E-state index is 0.214. The smallest absolute Gasteiger partial charge is 0.406 e. The molecule has 0 radical (unpaired) electrons. The molecule has 0 aromatic heterocycles. The Hall–Kier alpha value is -1.92. The summed E-state index contributed by atoms with van der Waals surface area (Å²) in [7, 11) is 0. The van der Waals surface area contributed by atoms with E-state index in [1.807, 2.05) is 0 Å². The van der Waals surface area contributed by atoms with E-state index in [4.69, 9.17) is 5.73 Å². The van der Waals surface area contributed by atoms with E-state index in [1.165, 1.54) is 25.0 Å². The molecule has 128 valence electrons. The van der Waals surface area contributed by atoms with Crippen LogP contribution in [0.1, 0.15) is 31.2 Å². The standard InChI is InChI=1S/C16H22F3N3O/c17-16(18,19)23-14-7-5-13(6-8-14)9-10-21-15(20)22-11-3-1-2-4-12-22/h5-8H,1-4,9-12H2,(H2,20,21). The lowest BCUT2D eigenvalue weighted by molar-refractivity contribution is -0.274. The van der Waals surface area contributed by atoms with Crippen molar-refractivity contribution < 1.29 is 17.9 Å². The van der Waals surface area contributed by atoms with Crippen molar-refractivity contribution in [2.45, 2.75) is 38.5 Å². The number of nitrogens with two attached hydrogens (primary N) is 1. The van der Waals surface area contributed by atoms with Crippen molar-refractivity contribution in [1.82, 2.24) is 4.90 Å². The van der Waals surface area contributed by atoms with E-state index in [-0.39, 0.29) is 5.75 Å². The Morgan fingerprint density at radius 1 is 1.09 bits per heavy atom. The quantitative estimate of drug-likeness (QED) is 0.681. The zero-order valence-corrected chi connectivity index (χ0v) is 13.0. The molecule has 1 heterocycles. The number of hydrogen-bond acceptors (Lipinski definition) is 2. The van der Waals surface area contributed by atoms with Gasteiger partial charge in [0.2, 0.25) is 0 Å². The van der Waals surface area contributed by atoms with Gasteiger partial charge in [0, 0.05) is 19.6 Å². The minimum Gasteiger partial charge on any atom is -0.406 e. The van der Waals surface area contributed by atoms with Gasteiger partial charge in [0.05, 0.1) is 0 Å². The Morgan fingerprint density at radius 3 is 2.26 bits per heavy atom. The molecule has 4 nitrogen and oxygen atoms in total. The highest BCUT2D eigenvalue weighted by Gasteiger charge is 2.30. The second kappa shape index (κ2) is 8.08. The van der Waals surface area contributed by atoms with E-state index in [0.29, 0.717) is 18.9 Å². The predicted octanol–water partition coefficient (Wildman–Crippen LogP) is 3.32. The highest BCUT2D eigenvalue weighted by Crippen LogP contribution is 2.22. The third-order valence-corrected chi connectivity index (χ3v) is 3.76. The topological polar surface area (TPSA) is 50.9 Å². The molecule has 2 rings (SSSR count). The van der Waals surface area contributed by atoms with Crippen molar-refractivity contribution in [2.24, 2.45) is 10.7 Å². The molecule has 0 spiro atoms. The molecule has 1 aliphatic heterocycles. The summed E-state index contributed by atoms with van der Waals surface area (Å²) in [5.41, 5.74) is 6.90. The molecular formula is C16H22F3N3O. The molecule has 7 heteroatoms. The van der Waals surface area contributed by atoms with Gasteiger partial charge in [-0.2, -0.15) is 0 Å². The fourth-order valence-electron chi connectivity index (χ4n) is 2.56. The third-order valence-electron chi connectivity index (χ3n) is 3.76. The van der Waals surface area contributed by atoms with Crippen LogP contribution in [-0.2, 0) is 6.42 Å². The maximum Gasteiger partial charge on any atom is 0.573 e. The van der Waals surface area contributed by atoms with Gasteiger partial charge in [0.15, 0.2) is 5.96 Å². The Morgan fingerprint density at radius 2 is 1.70 bits per heavy atom. The summed E-state index contributed by atoms with van der Waals surface area (Å²) >= 11 is 0. The Kier molecular flexibility index (Phi) is 6.12. The normalized spacial score (nSPS) is 17.0. The largest absolute Gasteiger partial charge is 0.573 e. The molecule has 1 fully saturated rings. The molecular weight excluding hydrogens is 307 g/mol. The van der Waals surface area contributed by atoms with Crippen molar-refractivity contribution in [3.8, 4) is 5.75 Å². The van der Waals surface area contributed by atoms with Crippen LogP contribution in [0.15, 0.2) is 29.3 Å². The zero-order chi connectivity index (χ0) is 16.7. The van der Waals surface area contributed by atoms with Gasteiger partial charge in [0.1, 0.15) is 5.75 Å². The number of nitrogens with zero attached hydrogens (tertiary/aromatic N) is 2. The van der Waals surface area contributed by atoms with Crippen LogP contribution >= 0.6 is 0 Å². The summed E-state index contributed by atoms with van der Waals surface area (Å²) in [4.78, 5) is 6.48. The van der Waals surface area contributed by atoms with Crippen LogP contribution in [0, 0.1) is 0 Å². The zero-order valence-electron chi connectivity index (χ0n) is 13.0. The van der Waals surface area contributed by atoms with Crippen LogP contribution in [0.2, 0.25) is 0 Å². The van der Waals surface area contributed by atoms with Crippen molar-refractivity contribution in [3.63, 3.8) is 0 Å². The van der Waals surface area contributed by atoms with Crippen LogP contribution < -0.4 is 10.5 Å². The number of likely N-dealkylation sites (tertiary alicyclic amines) is 1. The first-order valence-electron chi connectivity index (χ1n) is 7.83. The molecule has 23 heavy (non-hydrogen) atoms. The molecule has 2 N–H and O–H groups in total. The predicted molar refractivity (Wildman–Crippen MR) is 83.4 cm³/mol. The number of rotatable bonds is 4. The van der Waals surface area contributed by atoms with Crippen molar-refractivity contribution in [3.05, 3.63) is 29.8 Å².